The molecule has 2 N–H and O–H groups in total. The van der Waals surface area contributed by atoms with Crippen LogP contribution in [-0.4, -0.2) is 52.2 Å². The molecule has 0 saturated heterocycles. The summed E-state index contributed by atoms with van der Waals surface area (Å²) in [5.74, 6) is 0.572. The number of rotatable bonds is 12. The molecule has 0 fully saturated rings. The van der Waals surface area contributed by atoms with Gasteiger partial charge in [0.25, 0.3) is 0 Å². The highest BCUT2D eigenvalue weighted by Crippen LogP contribution is 2.33. The second kappa shape index (κ2) is 11.7. The van der Waals surface area contributed by atoms with Gasteiger partial charge in [0.05, 0.1) is 17.8 Å². The van der Waals surface area contributed by atoms with E-state index in [9.17, 15) is 14.4 Å². The molecule has 0 spiro atoms. The molecule has 0 radical (unpaired) electrons. The molecular weight excluding hydrogens is 481 g/mol. The molecule has 2 aromatic heterocycles. The van der Waals surface area contributed by atoms with Crippen LogP contribution in [0.3, 0.4) is 0 Å². The number of aliphatic carboxylic acids is 1. The van der Waals surface area contributed by atoms with Gasteiger partial charge in [0.2, 0.25) is 6.86 Å². The van der Waals surface area contributed by atoms with Gasteiger partial charge in [-0.2, -0.15) is 5.26 Å². The molecule has 0 aliphatic rings. The van der Waals surface area contributed by atoms with Crippen molar-refractivity contribution in [2.75, 3.05) is 31.9 Å². The van der Waals surface area contributed by atoms with Crippen molar-refractivity contribution < 1.29 is 28.5 Å². The first-order chi connectivity index (χ1) is 18.0. The number of alkyl halides is 1. The average molecular weight is 506 g/mol. The number of halogens is 1. The van der Waals surface area contributed by atoms with Crippen LogP contribution in [0.2, 0.25) is 0 Å². The van der Waals surface area contributed by atoms with Crippen molar-refractivity contribution in [2.24, 2.45) is 0 Å². The van der Waals surface area contributed by atoms with E-state index in [-0.39, 0.29) is 0 Å². The van der Waals surface area contributed by atoms with E-state index in [1.165, 1.54) is 6.33 Å². The van der Waals surface area contributed by atoms with E-state index in [1.54, 1.807) is 47.0 Å². The SMILES string of the molecule is CCOc1cc(-c2cc(NCCn3c(C#N)cc4cccc(OCF)c43)ncn2)ccc1OCC(=O)O. The molecule has 4 aromatic rings. The number of benzene rings is 2. The van der Waals surface area contributed by atoms with Crippen molar-refractivity contribution in [3.63, 3.8) is 0 Å². The van der Waals surface area contributed by atoms with Crippen LogP contribution in [0.25, 0.3) is 22.2 Å². The first-order valence-electron chi connectivity index (χ1n) is 11.4. The highest BCUT2D eigenvalue weighted by Gasteiger charge is 2.14. The van der Waals surface area contributed by atoms with Crippen LogP contribution in [0, 0.1) is 11.3 Å². The van der Waals surface area contributed by atoms with Gasteiger partial charge >= 0.3 is 5.97 Å². The van der Waals surface area contributed by atoms with Gasteiger partial charge in [-0.3, -0.25) is 0 Å². The van der Waals surface area contributed by atoms with E-state index < -0.39 is 19.4 Å². The smallest absolute Gasteiger partial charge is 0.341 e. The first kappa shape index (κ1) is 25.2. The lowest BCUT2D eigenvalue weighted by Gasteiger charge is -2.13. The number of nitrogens with one attached hydrogen (secondary N) is 1. The number of carboxylic acid groups (broad SMARTS) is 1. The van der Waals surface area contributed by atoms with Gasteiger partial charge in [-0.25, -0.2) is 19.2 Å². The number of carboxylic acids is 1. The number of hydrogen-bond acceptors (Lipinski definition) is 8. The van der Waals surface area contributed by atoms with Crippen LogP contribution < -0.4 is 19.5 Å². The van der Waals surface area contributed by atoms with Crippen molar-refractivity contribution in [3.8, 4) is 34.6 Å². The highest BCUT2D eigenvalue weighted by molar-refractivity contribution is 5.87. The quantitative estimate of drug-likeness (QED) is 0.290. The fourth-order valence-electron chi connectivity index (χ4n) is 3.89. The van der Waals surface area contributed by atoms with Crippen LogP contribution in [0.15, 0.2) is 54.9 Å². The topological polar surface area (TPSA) is 132 Å². The summed E-state index contributed by atoms with van der Waals surface area (Å²) in [4.78, 5) is 19.4. The fraction of sp³-hybridized carbons (Fsp3) is 0.231. The van der Waals surface area contributed by atoms with Crippen molar-refractivity contribution in [1.82, 2.24) is 14.5 Å². The van der Waals surface area contributed by atoms with Crippen LogP contribution in [0.5, 0.6) is 17.2 Å². The molecule has 0 aliphatic carbocycles. The van der Waals surface area contributed by atoms with E-state index in [0.717, 1.165) is 10.9 Å². The van der Waals surface area contributed by atoms with Crippen LogP contribution in [0.4, 0.5) is 10.2 Å². The summed E-state index contributed by atoms with van der Waals surface area (Å²) in [6.45, 7) is 1.57. The molecule has 0 saturated carbocycles. The minimum absolute atomic E-state index is 0.323. The fourth-order valence-corrected chi connectivity index (χ4v) is 3.89. The lowest BCUT2D eigenvalue weighted by Crippen LogP contribution is -2.13. The summed E-state index contributed by atoms with van der Waals surface area (Å²) >= 11 is 0. The molecule has 0 bridgehead atoms. The number of nitrogens with zero attached hydrogens (tertiary/aromatic N) is 4. The number of ether oxygens (including phenoxy) is 3. The molecule has 190 valence electrons. The van der Waals surface area contributed by atoms with E-state index >= 15 is 0 Å². The monoisotopic (exact) mass is 505 g/mol. The maximum absolute atomic E-state index is 12.9. The number of anilines is 1. The largest absolute Gasteiger partial charge is 0.490 e. The molecule has 0 atom stereocenters. The molecule has 11 heteroatoms. The third kappa shape index (κ3) is 5.87. The van der Waals surface area contributed by atoms with E-state index in [2.05, 4.69) is 21.4 Å². The third-order valence-electron chi connectivity index (χ3n) is 5.41. The Labute approximate surface area is 211 Å². The van der Waals surface area contributed by atoms with Gasteiger partial charge in [-0.15, -0.1) is 0 Å². The standard InChI is InChI=1S/C26H24FN5O5/c1-2-35-23-11-17(6-7-21(23)36-14-25(33)34)20-12-24(31-16-30-20)29-8-9-32-19(13-28)10-18-4-3-5-22(26(18)32)37-15-27/h3-7,10-12,16H,2,8-9,14-15H2,1H3,(H,33,34)(H,29,30,31). The predicted octanol–water partition coefficient (Wildman–Crippen LogP) is 4.25. The highest BCUT2D eigenvalue weighted by atomic mass is 19.1. The van der Waals surface area contributed by atoms with Crippen molar-refractivity contribution in [1.29, 1.82) is 5.26 Å². The Morgan fingerprint density at radius 1 is 1.11 bits per heavy atom. The van der Waals surface area contributed by atoms with Crippen molar-refractivity contribution in [2.45, 2.75) is 13.5 Å². The molecule has 0 unspecified atom stereocenters. The number of para-hydroxylation sites is 1. The summed E-state index contributed by atoms with van der Waals surface area (Å²) in [7, 11) is 0. The van der Waals surface area contributed by atoms with Gasteiger partial charge in [-0.1, -0.05) is 12.1 Å². The molecule has 37 heavy (non-hydrogen) atoms. The summed E-state index contributed by atoms with van der Waals surface area (Å²) in [5.41, 5.74) is 2.43. The summed E-state index contributed by atoms with van der Waals surface area (Å²) in [6.07, 6.45) is 1.42. The van der Waals surface area contributed by atoms with Gasteiger partial charge in [0.15, 0.2) is 18.1 Å². The molecule has 10 nitrogen and oxygen atoms in total. The second-order valence-corrected chi connectivity index (χ2v) is 7.73. The lowest BCUT2D eigenvalue weighted by molar-refractivity contribution is -0.139. The van der Waals surface area contributed by atoms with Gasteiger partial charge < -0.3 is 29.2 Å². The van der Waals surface area contributed by atoms with Crippen LogP contribution in [-0.2, 0) is 11.3 Å². The van der Waals surface area contributed by atoms with Crippen LogP contribution >= 0.6 is 0 Å². The average Bonchev–Trinajstić information content (AvgIpc) is 3.27. The zero-order chi connectivity index (χ0) is 26.2. The van der Waals surface area contributed by atoms with Gasteiger partial charge in [0, 0.05) is 30.1 Å². The molecule has 4 rings (SSSR count). The Kier molecular flexibility index (Phi) is 8.00. The number of carbonyl (C=O) groups is 1. The molecular formula is C26H24FN5O5. The maximum Gasteiger partial charge on any atom is 0.341 e. The molecule has 2 heterocycles. The minimum Gasteiger partial charge on any atom is -0.490 e. The Hall–Kier alpha value is -4.85. The summed E-state index contributed by atoms with van der Waals surface area (Å²) in [5, 5.41) is 22.5. The lowest BCUT2D eigenvalue weighted by atomic mass is 10.1. The Morgan fingerprint density at radius 3 is 2.73 bits per heavy atom. The maximum atomic E-state index is 12.9. The predicted molar refractivity (Wildman–Crippen MR) is 134 cm³/mol. The van der Waals surface area contributed by atoms with Crippen molar-refractivity contribution >= 4 is 22.7 Å². The molecule has 0 aliphatic heterocycles. The minimum atomic E-state index is -1.08. The van der Waals surface area contributed by atoms with Gasteiger partial charge in [0.1, 0.15) is 29.7 Å². The number of aromatic nitrogens is 3. The Morgan fingerprint density at radius 2 is 1.97 bits per heavy atom. The van der Waals surface area contributed by atoms with E-state index in [0.29, 0.717) is 59.7 Å². The van der Waals surface area contributed by atoms with E-state index in [4.69, 9.17) is 19.3 Å². The first-order valence-corrected chi connectivity index (χ1v) is 11.4. The Balaban J connectivity index is 1.51. The van der Waals surface area contributed by atoms with Crippen molar-refractivity contribution in [3.05, 3.63) is 60.6 Å². The second-order valence-electron chi connectivity index (χ2n) is 7.73. The van der Waals surface area contributed by atoms with Crippen LogP contribution in [0.1, 0.15) is 12.6 Å². The zero-order valence-corrected chi connectivity index (χ0v) is 20.0. The zero-order valence-electron chi connectivity index (χ0n) is 20.0. The van der Waals surface area contributed by atoms with E-state index in [1.807, 2.05) is 13.0 Å². The number of fused-ring (bicyclic) bond motifs is 1. The third-order valence-corrected chi connectivity index (χ3v) is 5.41. The normalized spacial score (nSPS) is 10.6. The number of nitriles is 1. The number of hydrogen-bond donors (Lipinski definition) is 2. The Bertz CT molecular complexity index is 1450. The molecule has 0 amide bonds. The van der Waals surface area contributed by atoms with Gasteiger partial charge in [-0.05, 0) is 37.3 Å². The summed E-state index contributed by atoms with van der Waals surface area (Å²) < 4.78 is 30.7. The summed E-state index contributed by atoms with van der Waals surface area (Å²) in [6, 6.07) is 16.1. The molecule has 2 aromatic carbocycles.